The van der Waals surface area contributed by atoms with Crippen molar-refractivity contribution in [2.24, 2.45) is 0 Å². The molecule has 4 heterocycles. The predicted octanol–water partition coefficient (Wildman–Crippen LogP) is 4.89. The van der Waals surface area contributed by atoms with E-state index >= 15 is 0 Å². The van der Waals surface area contributed by atoms with Crippen LogP contribution < -0.4 is 5.69 Å². The third-order valence-corrected chi connectivity index (χ3v) is 7.19. The summed E-state index contributed by atoms with van der Waals surface area (Å²) in [6.07, 6.45) is 0. The Bertz CT molecular complexity index is 1840. The van der Waals surface area contributed by atoms with Gasteiger partial charge in [0.05, 0.1) is 24.3 Å². The smallest absolute Gasteiger partial charge is 0.327 e. The summed E-state index contributed by atoms with van der Waals surface area (Å²) < 4.78 is 5.83. The Balaban J connectivity index is 1.37. The molecular weight excluding hydrogens is 488 g/mol. The molecule has 4 aromatic heterocycles. The summed E-state index contributed by atoms with van der Waals surface area (Å²) in [7, 11) is 0. The number of tetrazole rings is 1. The zero-order chi connectivity index (χ0) is 27.1. The number of pyridine rings is 1. The maximum atomic E-state index is 12.8. The number of hydrogen-bond acceptors (Lipinski definition) is 5. The summed E-state index contributed by atoms with van der Waals surface area (Å²) in [5.74, 6) is 0.732. The lowest BCUT2D eigenvalue weighted by Crippen LogP contribution is -2.17. The van der Waals surface area contributed by atoms with Crippen molar-refractivity contribution >= 4 is 11.2 Å². The monoisotopic (exact) mass is 518 g/mol. The van der Waals surface area contributed by atoms with Crippen molar-refractivity contribution in [1.82, 2.24) is 39.3 Å². The van der Waals surface area contributed by atoms with Crippen molar-refractivity contribution in [2.45, 2.75) is 47.3 Å². The van der Waals surface area contributed by atoms with Crippen LogP contribution in [0.4, 0.5) is 0 Å². The fraction of sp³-hybridized carbons (Fsp3) is 0.233. The highest BCUT2D eigenvalue weighted by Gasteiger charge is 2.21. The summed E-state index contributed by atoms with van der Waals surface area (Å²) >= 11 is 0. The van der Waals surface area contributed by atoms with Gasteiger partial charge in [0.1, 0.15) is 0 Å². The number of benzene rings is 2. The molecule has 0 radical (unpaired) electrons. The third-order valence-electron chi connectivity index (χ3n) is 7.19. The van der Waals surface area contributed by atoms with Crippen LogP contribution in [0.15, 0.2) is 71.5 Å². The Hall–Kier alpha value is -4.79. The number of nitrogens with zero attached hydrogens (tertiary/aromatic N) is 7. The van der Waals surface area contributed by atoms with Gasteiger partial charge in [-0.2, -0.15) is 0 Å². The van der Waals surface area contributed by atoms with E-state index in [0.29, 0.717) is 18.7 Å². The van der Waals surface area contributed by atoms with Gasteiger partial charge in [0.25, 0.3) is 0 Å². The van der Waals surface area contributed by atoms with Gasteiger partial charge in [0.2, 0.25) is 0 Å². The van der Waals surface area contributed by atoms with Crippen LogP contribution in [-0.4, -0.2) is 39.3 Å². The minimum Gasteiger partial charge on any atom is -0.345 e. The zero-order valence-corrected chi connectivity index (χ0v) is 22.5. The number of rotatable bonds is 7. The van der Waals surface area contributed by atoms with Gasteiger partial charge in [-0.3, -0.25) is 4.57 Å². The average molecular weight is 519 g/mol. The molecule has 0 spiro atoms. The highest BCUT2D eigenvalue weighted by atomic mass is 16.1. The molecular formula is C30H30N8O. The van der Waals surface area contributed by atoms with Crippen molar-refractivity contribution in [3.8, 4) is 22.6 Å². The summed E-state index contributed by atoms with van der Waals surface area (Å²) in [5.41, 5.74) is 9.65. The molecule has 9 nitrogen and oxygen atoms in total. The molecule has 0 aliphatic carbocycles. The lowest BCUT2D eigenvalue weighted by Gasteiger charge is -2.13. The first-order valence-corrected chi connectivity index (χ1v) is 13.1. The standard InChI is InChI=1S/C30H30N8O/c1-5-36-21(4)16-25(28-33-34-35-38(28)18-22-9-7-6-8-10-22)27(36)24-13-11-23(12-14-24)17-37-29-26(32-30(37)39)19(2)15-20(3)31-29/h6-16H,5,17-18H2,1-4H3,(H,32,39). The molecule has 0 atom stereocenters. The third kappa shape index (κ3) is 4.46. The molecule has 0 saturated heterocycles. The first kappa shape index (κ1) is 24.5. The second-order valence-corrected chi connectivity index (χ2v) is 9.93. The Morgan fingerprint density at radius 2 is 1.62 bits per heavy atom. The van der Waals surface area contributed by atoms with Gasteiger partial charge < -0.3 is 9.55 Å². The van der Waals surface area contributed by atoms with Crippen LogP contribution in [0.3, 0.4) is 0 Å². The maximum absolute atomic E-state index is 12.8. The number of nitrogens with one attached hydrogen (secondary N) is 1. The van der Waals surface area contributed by atoms with Crippen LogP contribution in [0.1, 0.15) is 35.0 Å². The van der Waals surface area contributed by atoms with E-state index in [0.717, 1.165) is 62.8 Å². The van der Waals surface area contributed by atoms with Gasteiger partial charge in [-0.1, -0.05) is 54.6 Å². The van der Waals surface area contributed by atoms with E-state index in [1.807, 2.05) is 42.8 Å². The molecule has 0 aliphatic heterocycles. The molecule has 1 N–H and O–H groups in total. The molecule has 39 heavy (non-hydrogen) atoms. The Morgan fingerprint density at radius 3 is 2.36 bits per heavy atom. The number of imidazole rings is 1. The number of aryl methyl sites for hydroxylation is 3. The van der Waals surface area contributed by atoms with Crippen LogP contribution in [-0.2, 0) is 19.6 Å². The topological polar surface area (TPSA) is 99.2 Å². The fourth-order valence-electron chi connectivity index (χ4n) is 5.36. The second-order valence-electron chi connectivity index (χ2n) is 9.93. The van der Waals surface area contributed by atoms with Gasteiger partial charge >= 0.3 is 5.69 Å². The number of H-pyrrole nitrogens is 1. The number of fused-ring (bicyclic) bond motifs is 1. The number of aromatic nitrogens is 8. The second kappa shape index (κ2) is 9.83. The molecule has 6 aromatic rings. The molecule has 0 unspecified atom stereocenters. The number of aromatic amines is 1. The summed E-state index contributed by atoms with van der Waals surface area (Å²) in [5, 5.41) is 12.7. The Morgan fingerprint density at radius 1 is 0.872 bits per heavy atom. The summed E-state index contributed by atoms with van der Waals surface area (Å²) in [6.45, 7) is 10.0. The average Bonchev–Trinajstić information content (AvgIpc) is 3.61. The van der Waals surface area contributed by atoms with Gasteiger partial charge in [0.15, 0.2) is 11.5 Å². The molecule has 0 aliphatic rings. The SMILES string of the molecule is CCn1c(C)cc(-c2nnnn2Cc2ccccc2)c1-c1ccc(Cn2c(=O)[nH]c3c(C)cc(C)nc32)cc1. The molecule has 0 fully saturated rings. The minimum absolute atomic E-state index is 0.154. The van der Waals surface area contributed by atoms with Crippen LogP contribution in [0, 0.1) is 20.8 Å². The van der Waals surface area contributed by atoms with Crippen LogP contribution >= 0.6 is 0 Å². The summed E-state index contributed by atoms with van der Waals surface area (Å²) in [6, 6.07) is 22.7. The Kier molecular flexibility index (Phi) is 6.18. The van der Waals surface area contributed by atoms with E-state index in [-0.39, 0.29) is 5.69 Å². The van der Waals surface area contributed by atoms with Crippen molar-refractivity contribution in [1.29, 1.82) is 0 Å². The minimum atomic E-state index is -0.154. The van der Waals surface area contributed by atoms with Crippen molar-refractivity contribution < 1.29 is 0 Å². The van der Waals surface area contributed by atoms with Crippen molar-refractivity contribution in [3.05, 3.63) is 105 Å². The van der Waals surface area contributed by atoms with Crippen molar-refractivity contribution in [2.75, 3.05) is 0 Å². The van der Waals surface area contributed by atoms with Crippen LogP contribution in [0.5, 0.6) is 0 Å². The van der Waals surface area contributed by atoms with Crippen LogP contribution in [0.2, 0.25) is 0 Å². The van der Waals surface area contributed by atoms with Gasteiger partial charge in [-0.15, -0.1) is 5.10 Å². The van der Waals surface area contributed by atoms with Gasteiger partial charge in [0, 0.05) is 23.5 Å². The molecule has 6 rings (SSSR count). The first-order valence-electron chi connectivity index (χ1n) is 13.1. The largest absolute Gasteiger partial charge is 0.345 e. The maximum Gasteiger partial charge on any atom is 0.327 e. The molecule has 9 heteroatoms. The summed E-state index contributed by atoms with van der Waals surface area (Å²) in [4.78, 5) is 20.4. The van der Waals surface area contributed by atoms with E-state index in [1.165, 1.54) is 0 Å². The van der Waals surface area contributed by atoms with Gasteiger partial charge in [-0.25, -0.2) is 14.5 Å². The lowest BCUT2D eigenvalue weighted by atomic mass is 10.0. The van der Waals surface area contributed by atoms with E-state index in [4.69, 9.17) is 0 Å². The molecule has 0 saturated carbocycles. The Labute approximate surface area is 225 Å². The lowest BCUT2D eigenvalue weighted by molar-refractivity contribution is 0.653. The van der Waals surface area contributed by atoms with E-state index in [2.05, 4.69) is 86.4 Å². The van der Waals surface area contributed by atoms with E-state index in [9.17, 15) is 4.79 Å². The molecule has 2 aromatic carbocycles. The van der Waals surface area contributed by atoms with Crippen LogP contribution in [0.25, 0.3) is 33.8 Å². The normalized spacial score (nSPS) is 11.5. The van der Waals surface area contributed by atoms with Gasteiger partial charge in [-0.05, 0) is 72.5 Å². The first-order chi connectivity index (χ1) is 18.9. The number of hydrogen-bond donors (Lipinski definition) is 1. The van der Waals surface area contributed by atoms with E-state index in [1.54, 1.807) is 4.57 Å². The van der Waals surface area contributed by atoms with Crippen molar-refractivity contribution in [3.63, 3.8) is 0 Å². The molecule has 196 valence electrons. The quantitative estimate of drug-likeness (QED) is 0.324. The predicted molar refractivity (Wildman–Crippen MR) is 152 cm³/mol. The molecule has 0 amide bonds. The molecule has 0 bridgehead atoms. The zero-order valence-electron chi connectivity index (χ0n) is 22.5. The highest BCUT2D eigenvalue weighted by Crippen LogP contribution is 2.34. The highest BCUT2D eigenvalue weighted by molar-refractivity contribution is 5.80. The fourth-order valence-corrected chi connectivity index (χ4v) is 5.36. The van der Waals surface area contributed by atoms with E-state index < -0.39 is 0 Å².